The lowest BCUT2D eigenvalue weighted by atomic mass is 10.1. The molecule has 0 unspecified atom stereocenters. The van der Waals surface area contributed by atoms with Gasteiger partial charge in [0.05, 0.1) is 5.52 Å². The number of nitrogens with one attached hydrogen (secondary N) is 1. The molecule has 1 aromatic heterocycles. The van der Waals surface area contributed by atoms with Crippen molar-refractivity contribution in [1.82, 2.24) is 10.3 Å². The van der Waals surface area contributed by atoms with Crippen LogP contribution in [-0.4, -0.2) is 4.98 Å². The van der Waals surface area contributed by atoms with Crippen molar-refractivity contribution in [3.63, 3.8) is 0 Å². The lowest BCUT2D eigenvalue weighted by Crippen LogP contribution is -2.18. The van der Waals surface area contributed by atoms with E-state index < -0.39 is 0 Å². The lowest BCUT2D eigenvalue weighted by Gasteiger charge is -2.15. The molecule has 0 saturated carbocycles. The molecule has 0 aliphatic carbocycles. The normalized spacial score (nSPS) is 12.5. The van der Waals surface area contributed by atoms with Gasteiger partial charge in [-0.05, 0) is 36.2 Å². The number of fused-ring (bicyclic) bond motifs is 1. The van der Waals surface area contributed by atoms with E-state index in [1.54, 1.807) is 0 Å². The molecule has 1 heterocycles. The second-order valence-electron chi connectivity index (χ2n) is 5.12. The van der Waals surface area contributed by atoms with Gasteiger partial charge in [-0.2, -0.15) is 0 Å². The second-order valence-corrected chi connectivity index (χ2v) is 5.53. The molecule has 0 aliphatic rings. The molecule has 1 atom stereocenters. The summed E-state index contributed by atoms with van der Waals surface area (Å²) in [6.07, 6.45) is 1.81. The molecular weight excluding hydrogens is 280 g/mol. The van der Waals surface area contributed by atoms with Crippen LogP contribution in [0.25, 0.3) is 10.9 Å². The number of hydrogen-bond donors (Lipinski definition) is 1. The average Bonchev–Trinajstić information content (AvgIpc) is 2.55. The standard InChI is InChI=1S/C18H17ClN2/c1-13(14-6-3-2-4-7-14)21-12-15-9-10-17(19)16-8-5-11-20-18(15)16/h2-11,13,21H,12H2,1H3/t13-/m1/s1. The van der Waals surface area contributed by atoms with Gasteiger partial charge in [0.25, 0.3) is 0 Å². The van der Waals surface area contributed by atoms with Gasteiger partial charge in [0.1, 0.15) is 0 Å². The van der Waals surface area contributed by atoms with Gasteiger partial charge in [0.2, 0.25) is 0 Å². The minimum Gasteiger partial charge on any atom is -0.306 e. The van der Waals surface area contributed by atoms with Crippen LogP contribution in [0.15, 0.2) is 60.8 Å². The van der Waals surface area contributed by atoms with E-state index in [1.165, 1.54) is 5.56 Å². The molecule has 21 heavy (non-hydrogen) atoms. The topological polar surface area (TPSA) is 24.9 Å². The molecular formula is C18H17ClN2. The molecule has 2 aromatic carbocycles. The summed E-state index contributed by atoms with van der Waals surface area (Å²) in [6, 6.07) is 18.6. The van der Waals surface area contributed by atoms with E-state index in [4.69, 9.17) is 11.6 Å². The number of aromatic nitrogens is 1. The van der Waals surface area contributed by atoms with Gasteiger partial charge < -0.3 is 5.32 Å². The zero-order valence-corrected chi connectivity index (χ0v) is 12.6. The summed E-state index contributed by atoms with van der Waals surface area (Å²) in [4.78, 5) is 4.47. The molecule has 1 N–H and O–H groups in total. The first kappa shape index (κ1) is 14.1. The smallest absolute Gasteiger partial charge is 0.0761 e. The van der Waals surface area contributed by atoms with E-state index in [0.717, 1.165) is 28.0 Å². The van der Waals surface area contributed by atoms with E-state index in [0.29, 0.717) is 6.04 Å². The third-order valence-corrected chi connectivity index (χ3v) is 4.03. The molecule has 0 aliphatic heterocycles. The first-order valence-corrected chi connectivity index (χ1v) is 7.44. The summed E-state index contributed by atoms with van der Waals surface area (Å²) in [5.74, 6) is 0. The van der Waals surface area contributed by atoms with Crippen LogP contribution in [-0.2, 0) is 6.54 Å². The fourth-order valence-corrected chi connectivity index (χ4v) is 2.68. The molecule has 106 valence electrons. The van der Waals surface area contributed by atoms with E-state index >= 15 is 0 Å². The quantitative estimate of drug-likeness (QED) is 0.752. The summed E-state index contributed by atoms with van der Waals surface area (Å²) in [7, 11) is 0. The third kappa shape index (κ3) is 3.07. The number of benzene rings is 2. The zero-order valence-electron chi connectivity index (χ0n) is 11.9. The molecule has 0 saturated heterocycles. The Morgan fingerprint density at radius 3 is 2.67 bits per heavy atom. The summed E-state index contributed by atoms with van der Waals surface area (Å²) < 4.78 is 0. The van der Waals surface area contributed by atoms with Crippen LogP contribution in [0, 0.1) is 0 Å². The van der Waals surface area contributed by atoms with Crippen molar-refractivity contribution in [2.75, 3.05) is 0 Å². The fourth-order valence-electron chi connectivity index (χ4n) is 2.46. The Hall–Kier alpha value is -1.90. The van der Waals surface area contributed by atoms with Crippen molar-refractivity contribution in [3.8, 4) is 0 Å². The predicted octanol–water partition coefficient (Wildman–Crippen LogP) is 4.74. The van der Waals surface area contributed by atoms with Crippen molar-refractivity contribution in [2.24, 2.45) is 0 Å². The van der Waals surface area contributed by atoms with Gasteiger partial charge in [0.15, 0.2) is 0 Å². The van der Waals surface area contributed by atoms with Crippen molar-refractivity contribution in [1.29, 1.82) is 0 Å². The van der Waals surface area contributed by atoms with Crippen molar-refractivity contribution in [3.05, 3.63) is 76.9 Å². The Morgan fingerprint density at radius 1 is 1.05 bits per heavy atom. The summed E-state index contributed by atoms with van der Waals surface area (Å²) in [5, 5.41) is 5.30. The number of pyridine rings is 1. The highest BCUT2D eigenvalue weighted by atomic mass is 35.5. The lowest BCUT2D eigenvalue weighted by molar-refractivity contribution is 0.576. The van der Waals surface area contributed by atoms with Gasteiger partial charge in [-0.25, -0.2) is 0 Å². The minimum atomic E-state index is 0.292. The van der Waals surface area contributed by atoms with E-state index in [9.17, 15) is 0 Å². The fraction of sp³-hybridized carbons (Fsp3) is 0.167. The van der Waals surface area contributed by atoms with Crippen molar-refractivity contribution >= 4 is 22.5 Å². The highest BCUT2D eigenvalue weighted by Gasteiger charge is 2.08. The van der Waals surface area contributed by atoms with Crippen LogP contribution in [0.2, 0.25) is 5.02 Å². The maximum atomic E-state index is 6.23. The summed E-state index contributed by atoms with van der Waals surface area (Å²) in [5.41, 5.74) is 3.42. The van der Waals surface area contributed by atoms with E-state index in [1.807, 2.05) is 36.5 Å². The Balaban J connectivity index is 1.81. The maximum Gasteiger partial charge on any atom is 0.0761 e. The van der Waals surface area contributed by atoms with Crippen LogP contribution >= 0.6 is 11.6 Å². The largest absolute Gasteiger partial charge is 0.306 e. The molecule has 0 fully saturated rings. The molecule has 0 spiro atoms. The van der Waals surface area contributed by atoms with Gasteiger partial charge >= 0.3 is 0 Å². The number of nitrogens with zero attached hydrogens (tertiary/aromatic N) is 1. The summed E-state index contributed by atoms with van der Waals surface area (Å²) >= 11 is 6.23. The molecule has 0 radical (unpaired) electrons. The van der Waals surface area contributed by atoms with Gasteiger partial charge in [-0.3, -0.25) is 4.98 Å². The Kier molecular flexibility index (Phi) is 4.18. The molecule has 0 amide bonds. The minimum absolute atomic E-state index is 0.292. The summed E-state index contributed by atoms with van der Waals surface area (Å²) in [6.45, 7) is 2.93. The Morgan fingerprint density at radius 2 is 1.86 bits per heavy atom. The van der Waals surface area contributed by atoms with Crippen molar-refractivity contribution in [2.45, 2.75) is 19.5 Å². The van der Waals surface area contributed by atoms with Crippen LogP contribution < -0.4 is 5.32 Å². The Bertz CT molecular complexity index is 741. The molecule has 2 nitrogen and oxygen atoms in total. The van der Waals surface area contributed by atoms with E-state index in [-0.39, 0.29) is 0 Å². The van der Waals surface area contributed by atoms with Gasteiger partial charge in [-0.15, -0.1) is 0 Å². The monoisotopic (exact) mass is 296 g/mol. The van der Waals surface area contributed by atoms with Gasteiger partial charge in [-0.1, -0.05) is 48.0 Å². The first-order chi connectivity index (χ1) is 10.3. The van der Waals surface area contributed by atoms with Crippen LogP contribution in [0.5, 0.6) is 0 Å². The maximum absolute atomic E-state index is 6.23. The SMILES string of the molecule is C[C@@H](NCc1ccc(Cl)c2cccnc12)c1ccccc1. The van der Waals surface area contributed by atoms with E-state index in [2.05, 4.69) is 41.5 Å². The predicted molar refractivity (Wildman–Crippen MR) is 88.4 cm³/mol. The third-order valence-electron chi connectivity index (χ3n) is 3.70. The molecule has 0 bridgehead atoms. The molecule has 3 rings (SSSR count). The number of rotatable bonds is 4. The zero-order chi connectivity index (χ0) is 14.7. The van der Waals surface area contributed by atoms with Crippen LogP contribution in [0.3, 0.4) is 0 Å². The molecule has 3 heteroatoms. The first-order valence-electron chi connectivity index (χ1n) is 7.06. The Labute approximate surface area is 129 Å². The highest BCUT2D eigenvalue weighted by Crippen LogP contribution is 2.25. The average molecular weight is 297 g/mol. The van der Waals surface area contributed by atoms with Crippen LogP contribution in [0.1, 0.15) is 24.1 Å². The van der Waals surface area contributed by atoms with Gasteiger partial charge in [0, 0.05) is 29.2 Å². The van der Waals surface area contributed by atoms with Crippen molar-refractivity contribution < 1.29 is 0 Å². The molecule has 3 aromatic rings. The number of halogens is 1. The van der Waals surface area contributed by atoms with Crippen LogP contribution in [0.4, 0.5) is 0 Å². The number of hydrogen-bond acceptors (Lipinski definition) is 2. The second kappa shape index (κ2) is 6.25. The highest BCUT2D eigenvalue weighted by molar-refractivity contribution is 6.35.